The van der Waals surface area contributed by atoms with E-state index in [0.29, 0.717) is 5.56 Å². The topological polar surface area (TPSA) is 79.0 Å². The zero-order chi connectivity index (χ0) is 15.4. The second kappa shape index (κ2) is 6.62. The Morgan fingerprint density at radius 3 is 2.86 bits per heavy atom. The Balaban J connectivity index is 1.76. The molecule has 0 bridgehead atoms. The van der Waals surface area contributed by atoms with Crippen LogP contribution in [0.1, 0.15) is 23.2 Å². The average molecular weight is 300 g/mol. The van der Waals surface area contributed by atoms with Gasteiger partial charge in [0.25, 0.3) is 5.91 Å². The number of carbonyl (C=O) groups is 1. The van der Waals surface area contributed by atoms with E-state index in [-0.39, 0.29) is 11.9 Å². The van der Waals surface area contributed by atoms with Crippen molar-refractivity contribution in [3.8, 4) is 17.0 Å². The Labute approximate surface area is 129 Å². The van der Waals surface area contributed by atoms with Crippen molar-refractivity contribution in [2.75, 3.05) is 20.2 Å². The van der Waals surface area contributed by atoms with Gasteiger partial charge < -0.3 is 15.4 Å². The summed E-state index contributed by atoms with van der Waals surface area (Å²) in [5, 5.41) is 13.3. The van der Waals surface area contributed by atoms with Gasteiger partial charge in [0.15, 0.2) is 0 Å². The van der Waals surface area contributed by atoms with Crippen molar-refractivity contribution in [3.05, 3.63) is 36.0 Å². The van der Waals surface area contributed by atoms with Crippen molar-refractivity contribution in [1.29, 1.82) is 0 Å². The first-order valence-corrected chi connectivity index (χ1v) is 7.47. The number of H-pyrrole nitrogens is 1. The second-order valence-corrected chi connectivity index (χ2v) is 5.40. The van der Waals surface area contributed by atoms with E-state index in [1.807, 2.05) is 24.3 Å². The SMILES string of the molecule is COc1ccc(-c2[nH]ncc2C(=O)N[C@H]2CCCNC2)cc1. The van der Waals surface area contributed by atoms with Crippen LogP contribution in [0.25, 0.3) is 11.3 Å². The lowest BCUT2D eigenvalue weighted by Gasteiger charge is -2.23. The molecular weight excluding hydrogens is 280 g/mol. The highest BCUT2D eigenvalue weighted by Crippen LogP contribution is 2.23. The van der Waals surface area contributed by atoms with Crippen molar-refractivity contribution < 1.29 is 9.53 Å². The second-order valence-electron chi connectivity index (χ2n) is 5.40. The molecule has 1 aliphatic heterocycles. The van der Waals surface area contributed by atoms with Crippen LogP contribution in [0.2, 0.25) is 0 Å². The van der Waals surface area contributed by atoms with Crippen molar-refractivity contribution in [3.63, 3.8) is 0 Å². The molecular formula is C16H20N4O2. The van der Waals surface area contributed by atoms with E-state index in [1.165, 1.54) is 0 Å². The number of nitrogens with one attached hydrogen (secondary N) is 3. The molecule has 3 rings (SSSR count). The predicted octanol–water partition coefficient (Wildman–Crippen LogP) is 1.57. The lowest BCUT2D eigenvalue weighted by atomic mass is 10.1. The first-order valence-electron chi connectivity index (χ1n) is 7.47. The number of hydrogen-bond donors (Lipinski definition) is 3. The van der Waals surface area contributed by atoms with Crippen molar-refractivity contribution in [2.24, 2.45) is 0 Å². The summed E-state index contributed by atoms with van der Waals surface area (Å²) in [5.41, 5.74) is 2.20. The Hall–Kier alpha value is -2.34. The van der Waals surface area contributed by atoms with Crippen molar-refractivity contribution in [1.82, 2.24) is 20.8 Å². The molecule has 1 aromatic carbocycles. The van der Waals surface area contributed by atoms with Crippen LogP contribution in [0.5, 0.6) is 5.75 Å². The number of carbonyl (C=O) groups excluding carboxylic acids is 1. The number of aromatic nitrogens is 2. The molecule has 1 saturated heterocycles. The maximum atomic E-state index is 12.5. The van der Waals surface area contributed by atoms with Crippen LogP contribution >= 0.6 is 0 Å². The smallest absolute Gasteiger partial charge is 0.255 e. The summed E-state index contributed by atoms with van der Waals surface area (Å²) >= 11 is 0. The van der Waals surface area contributed by atoms with Gasteiger partial charge in [-0.15, -0.1) is 0 Å². The number of nitrogens with zero attached hydrogens (tertiary/aromatic N) is 1. The van der Waals surface area contributed by atoms with Crippen LogP contribution in [-0.2, 0) is 0 Å². The monoisotopic (exact) mass is 300 g/mol. The van der Waals surface area contributed by atoms with Gasteiger partial charge >= 0.3 is 0 Å². The van der Waals surface area contributed by atoms with Crippen molar-refractivity contribution in [2.45, 2.75) is 18.9 Å². The molecule has 0 aliphatic carbocycles. The predicted molar refractivity (Wildman–Crippen MR) is 83.9 cm³/mol. The van der Waals surface area contributed by atoms with E-state index in [4.69, 9.17) is 4.74 Å². The Kier molecular flexibility index (Phi) is 4.39. The number of piperidine rings is 1. The fourth-order valence-corrected chi connectivity index (χ4v) is 2.67. The highest BCUT2D eigenvalue weighted by atomic mass is 16.5. The molecule has 0 spiro atoms. The Bertz CT molecular complexity index is 630. The van der Waals surface area contributed by atoms with Crippen LogP contribution in [0.3, 0.4) is 0 Å². The minimum Gasteiger partial charge on any atom is -0.497 e. The third kappa shape index (κ3) is 3.12. The minimum atomic E-state index is -0.0896. The average Bonchev–Trinajstić information content (AvgIpc) is 3.05. The van der Waals surface area contributed by atoms with Gasteiger partial charge in [-0.3, -0.25) is 9.89 Å². The molecule has 1 atom stereocenters. The maximum Gasteiger partial charge on any atom is 0.255 e. The van der Waals surface area contributed by atoms with Gasteiger partial charge in [0, 0.05) is 18.2 Å². The summed E-state index contributed by atoms with van der Waals surface area (Å²) in [6.07, 6.45) is 3.67. The third-order valence-corrected chi connectivity index (χ3v) is 3.89. The summed E-state index contributed by atoms with van der Waals surface area (Å²) in [6.45, 7) is 1.84. The highest BCUT2D eigenvalue weighted by molar-refractivity contribution is 5.99. The normalized spacial score (nSPS) is 18.0. The number of ether oxygens (including phenoxy) is 1. The van der Waals surface area contributed by atoms with Gasteiger partial charge in [-0.05, 0) is 43.7 Å². The molecule has 1 aromatic heterocycles. The third-order valence-electron chi connectivity index (χ3n) is 3.89. The first kappa shape index (κ1) is 14.6. The lowest BCUT2D eigenvalue weighted by Crippen LogP contribution is -2.45. The van der Waals surface area contributed by atoms with E-state index in [9.17, 15) is 4.79 Å². The van der Waals surface area contributed by atoms with Crippen LogP contribution < -0.4 is 15.4 Å². The molecule has 1 fully saturated rings. The number of benzene rings is 1. The van der Waals surface area contributed by atoms with E-state index < -0.39 is 0 Å². The van der Waals surface area contributed by atoms with Gasteiger partial charge in [-0.1, -0.05) is 0 Å². The molecule has 6 heteroatoms. The number of methoxy groups -OCH3 is 1. The van der Waals surface area contributed by atoms with E-state index in [0.717, 1.165) is 42.9 Å². The summed E-state index contributed by atoms with van der Waals surface area (Å²) in [6, 6.07) is 7.72. The van der Waals surface area contributed by atoms with Gasteiger partial charge in [0.05, 0.1) is 24.6 Å². The van der Waals surface area contributed by atoms with Gasteiger partial charge in [-0.25, -0.2) is 0 Å². The summed E-state index contributed by atoms with van der Waals surface area (Å²) in [4.78, 5) is 12.5. The van der Waals surface area contributed by atoms with E-state index in [1.54, 1.807) is 13.3 Å². The molecule has 0 saturated carbocycles. The molecule has 22 heavy (non-hydrogen) atoms. The van der Waals surface area contributed by atoms with Crippen LogP contribution in [0, 0.1) is 0 Å². The van der Waals surface area contributed by atoms with Crippen LogP contribution in [0.15, 0.2) is 30.5 Å². The quantitative estimate of drug-likeness (QED) is 0.801. The van der Waals surface area contributed by atoms with E-state index >= 15 is 0 Å². The van der Waals surface area contributed by atoms with Crippen molar-refractivity contribution >= 4 is 5.91 Å². The number of rotatable bonds is 4. The Morgan fingerprint density at radius 2 is 2.18 bits per heavy atom. The fraction of sp³-hybridized carbons (Fsp3) is 0.375. The number of hydrogen-bond acceptors (Lipinski definition) is 4. The van der Waals surface area contributed by atoms with Gasteiger partial charge in [-0.2, -0.15) is 5.10 Å². The summed E-state index contributed by atoms with van der Waals surface area (Å²) < 4.78 is 5.15. The largest absolute Gasteiger partial charge is 0.497 e. The molecule has 0 radical (unpaired) electrons. The molecule has 2 heterocycles. The molecule has 2 aromatic rings. The van der Waals surface area contributed by atoms with Gasteiger partial charge in [0.2, 0.25) is 0 Å². The molecule has 0 unspecified atom stereocenters. The molecule has 1 amide bonds. The molecule has 3 N–H and O–H groups in total. The fourth-order valence-electron chi connectivity index (χ4n) is 2.67. The zero-order valence-electron chi connectivity index (χ0n) is 12.6. The minimum absolute atomic E-state index is 0.0896. The summed E-state index contributed by atoms with van der Waals surface area (Å²) in [5.74, 6) is 0.691. The number of aromatic amines is 1. The molecule has 6 nitrogen and oxygen atoms in total. The van der Waals surface area contributed by atoms with Crippen LogP contribution in [0.4, 0.5) is 0 Å². The van der Waals surface area contributed by atoms with Gasteiger partial charge in [0.1, 0.15) is 5.75 Å². The maximum absolute atomic E-state index is 12.5. The molecule has 116 valence electrons. The first-order chi connectivity index (χ1) is 10.8. The van der Waals surface area contributed by atoms with E-state index in [2.05, 4.69) is 20.8 Å². The molecule has 1 aliphatic rings. The highest BCUT2D eigenvalue weighted by Gasteiger charge is 2.20. The summed E-state index contributed by atoms with van der Waals surface area (Å²) in [7, 11) is 1.63. The Morgan fingerprint density at radius 1 is 1.36 bits per heavy atom. The number of amides is 1. The lowest BCUT2D eigenvalue weighted by molar-refractivity contribution is 0.0931. The zero-order valence-corrected chi connectivity index (χ0v) is 12.6. The standard InChI is InChI=1S/C16H20N4O2/c1-22-13-6-4-11(5-7-13)15-14(10-18-20-15)16(21)19-12-3-2-8-17-9-12/h4-7,10,12,17H,2-3,8-9H2,1H3,(H,18,20)(H,19,21)/t12-/m0/s1. The van der Waals surface area contributed by atoms with Crippen LogP contribution in [-0.4, -0.2) is 42.3 Å².